The first-order chi connectivity index (χ1) is 15.4. The van der Waals surface area contributed by atoms with E-state index in [1.807, 2.05) is 24.5 Å². The maximum atomic E-state index is 11.9. The van der Waals surface area contributed by atoms with Crippen molar-refractivity contribution >= 4 is 33.2 Å². The van der Waals surface area contributed by atoms with Crippen LogP contribution in [0.15, 0.2) is 64.0 Å². The molecule has 0 saturated heterocycles. The first kappa shape index (κ1) is 22.5. The molecule has 8 nitrogen and oxygen atoms in total. The Morgan fingerprint density at radius 2 is 1.97 bits per heavy atom. The molecule has 0 fully saturated rings. The lowest BCUT2D eigenvalue weighted by Crippen LogP contribution is -2.01. The Labute approximate surface area is 194 Å². The summed E-state index contributed by atoms with van der Waals surface area (Å²) >= 11 is 7.97. The number of halogens is 1. The van der Waals surface area contributed by atoms with Crippen molar-refractivity contribution in [3.8, 4) is 28.7 Å². The van der Waals surface area contributed by atoms with Gasteiger partial charge in [-0.3, -0.25) is 0 Å². The Bertz CT molecular complexity index is 1350. The van der Waals surface area contributed by atoms with Crippen LogP contribution >= 0.6 is 23.4 Å². The van der Waals surface area contributed by atoms with Crippen molar-refractivity contribution in [2.75, 3.05) is 18.5 Å². The molecule has 0 N–H and O–H groups in total. The van der Waals surface area contributed by atoms with Crippen LogP contribution in [0, 0.1) is 0 Å². The molecule has 0 aliphatic rings. The zero-order chi connectivity index (χ0) is 22.7. The highest BCUT2D eigenvalue weighted by Crippen LogP contribution is 2.29. The molecule has 2 heterocycles. The van der Waals surface area contributed by atoms with E-state index >= 15 is 0 Å². The summed E-state index contributed by atoms with van der Waals surface area (Å²) in [5, 5.41) is 9.16. The number of sulfone groups is 1. The molecule has 0 aliphatic carbocycles. The fourth-order valence-corrected chi connectivity index (χ4v) is 4.13. The molecular weight excluding hydrogens is 472 g/mol. The Kier molecular flexibility index (Phi) is 6.66. The molecule has 0 aliphatic heterocycles. The van der Waals surface area contributed by atoms with Gasteiger partial charge in [-0.15, -0.1) is 11.8 Å². The van der Waals surface area contributed by atoms with E-state index in [1.54, 1.807) is 40.7 Å². The van der Waals surface area contributed by atoms with Gasteiger partial charge in [-0.1, -0.05) is 41.0 Å². The molecule has 0 saturated carbocycles. The van der Waals surface area contributed by atoms with Crippen molar-refractivity contribution in [3.05, 3.63) is 65.3 Å². The monoisotopic (exact) mass is 490 g/mol. The molecule has 2 aromatic carbocycles. The predicted octanol–water partition coefficient (Wildman–Crippen LogP) is 4.48. The summed E-state index contributed by atoms with van der Waals surface area (Å²) in [5.74, 6) is 1.02. The van der Waals surface area contributed by atoms with E-state index in [2.05, 4.69) is 15.2 Å². The third-order valence-corrected chi connectivity index (χ3v) is 6.29. The second-order valence-electron chi connectivity index (χ2n) is 6.86. The van der Waals surface area contributed by atoms with Gasteiger partial charge in [0.15, 0.2) is 9.84 Å². The lowest BCUT2D eigenvalue weighted by atomic mass is 10.2. The number of thioether (sulfide) groups is 1. The zero-order valence-electron chi connectivity index (χ0n) is 17.2. The van der Waals surface area contributed by atoms with Gasteiger partial charge in [-0.05, 0) is 36.6 Å². The van der Waals surface area contributed by atoms with E-state index in [1.165, 1.54) is 12.1 Å². The van der Waals surface area contributed by atoms with Crippen LogP contribution < -0.4 is 0 Å². The summed E-state index contributed by atoms with van der Waals surface area (Å²) in [7, 11) is -3.36. The maximum Gasteiger partial charge on any atom is 0.276 e. The second kappa shape index (κ2) is 9.45. The SMILES string of the molecule is CSCOCc1cc(-c2nc(-c3cccc(S(C)(=O)=O)c3)no2)n(-c2ccccc2Cl)n1. The molecule has 0 spiro atoms. The number of benzene rings is 2. The first-order valence-electron chi connectivity index (χ1n) is 9.42. The van der Waals surface area contributed by atoms with Crippen LogP contribution in [-0.4, -0.2) is 46.8 Å². The van der Waals surface area contributed by atoms with E-state index in [9.17, 15) is 8.42 Å². The minimum Gasteiger partial charge on any atom is -0.365 e. The summed E-state index contributed by atoms with van der Waals surface area (Å²) in [6, 6.07) is 15.5. The third kappa shape index (κ3) is 4.88. The molecule has 11 heteroatoms. The molecule has 4 aromatic rings. The van der Waals surface area contributed by atoms with Gasteiger partial charge in [-0.25, -0.2) is 13.1 Å². The molecule has 0 unspecified atom stereocenters. The molecule has 166 valence electrons. The minimum atomic E-state index is -3.36. The summed E-state index contributed by atoms with van der Waals surface area (Å²) in [5.41, 5.74) is 2.39. The van der Waals surface area contributed by atoms with Crippen molar-refractivity contribution in [1.29, 1.82) is 0 Å². The third-order valence-electron chi connectivity index (χ3n) is 4.46. The first-order valence-corrected chi connectivity index (χ1v) is 13.1. The van der Waals surface area contributed by atoms with Crippen molar-refractivity contribution < 1.29 is 17.7 Å². The largest absolute Gasteiger partial charge is 0.365 e. The minimum absolute atomic E-state index is 0.177. The smallest absolute Gasteiger partial charge is 0.276 e. The number of para-hydroxylation sites is 1. The average Bonchev–Trinajstić information content (AvgIpc) is 3.41. The van der Waals surface area contributed by atoms with Gasteiger partial charge in [-0.2, -0.15) is 10.1 Å². The van der Waals surface area contributed by atoms with E-state index in [-0.39, 0.29) is 16.6 Å². The van der Waals surface area contributed by atoms with Gasteiger partial charge >= 0.3 is 0 Å². The van der Waals surface area contributed by atoms with Crippen molar-refractivity contribution in [3.63, 3.8) is 0 Å². The highest BCUT2D eigenvalue weighted by atomic mass is 35.5. The summed E-state index contributed by atoms with van der Waals surface area (Å²) in [4.78, 5) is 4.65. The van der Waals surface area contributed by atoms with Crippen LogP contribution in [0.25, 0.3) is 28.7 Å². The maximum absolute atomic E-state index is 11.9. The molecule has 0 atom stereocenters. The number of ether oxygens (including phenoxy) is 1. The molecule has 0 bridgehead atoms. The van der Waals surface area contributed by atoms with E-state index in [0.29, 0.717) is 40.2 Å². The molecule has 0 amide bonds. The van der Waals surface area contributed by atoms with Gasteiger partial charge in [0, 0.05) is 11.8 Å². The normalized spacial score (nSPS) is 11.7. The fourth-order valence-electron chi connectivity index (χ4n) is 3.00. The van der Waals surface area contributed by atoms with E-state index in [4.69, 9.17) is 20.9 Å². The zero-order valence-corrected chi connectivity index (χ0v) is 19.6. The van der Waals surface area contributed by atoms with Crippen LogP contribution in [0.4, 0.5) is 0 Å². The summed E-state index contributed by atoms with van der Waals surface area (Å²) < 4.78 is 36.5. The van der Waals surface area contributed by atoms with Crippen molar-refractivity contribution in [2.24, 2.45) is 0 Å². The Morgan fingerprint density at radius 1 is 1.16 bits per heavy atom. The number of rotatable bonds is 8. The molecule has 0 radical (unpaired) electrons. The Balaban J connectivity index is 1.75. The van der Waals surface area contributed by atoms with Crippen LogP contribution in [0.5, 0.6) is 0 Å². The molecule has 2 aromatic heterocycles. The van der Waals surface area contributed by atoms with Crippen molar-refractivity contribution in [1.82, 2.24) is 19.9 Å². The van der Waals surface area contributed by atoms with Crippen LogP contribution in [0.1, 0.15) is 5.69 Å². The molecule has 4 rings (SSSR count). The van der Waals surface area contributed by atoms with E-state index in [0.717, 1.165) is 6.26 Å². The van der Waals surface area contributed by atoms with Crippen LogP contribution in [0.3, 0.4) is 0 Å². The van der Waals surface area contributed by atoms with Gasteiger partial charge in [0.05, 0.1) is 33.8 Å². The fraction of sp³-hybridized carbons (Fsp3) is 0.190. The van der Waals surface area contributed by atoms with Gasteiger partial charge in [0.1, 0.15) is 5.69 Å². The topological polar surface area (TPSA) is 100 Å². The highest BCUT2D eigenvalue weighted by Gasteiger charge is 2.20. The lowest BCUT2D eigenvalue weighted by Gasteiger charge is -2.06. The molecular formula is C21H19ClN4O4S2. The predicted molar refractivity (Wildman–Crippen MR) is 124 cm³/mol. The Morgan fingerprint density at radius 3 is 2.72 bits per heavy atom. The van der Waals surface area contributed by atoms with Crippen molar-refractivity contribution in [2.45, 2.75) is 11.5 Å². The van der Waals surface area contributed by atoms with Gasteiger partial charge in [0.25, 0.3) is 5.89 Å². The van der Waals surface area contributed by atoms with E-state index < -0.39 is 9.84 Å². The number of nitrogens with zero attached hydrogens (tertiary/aromatic N) is 4. The second-order valence-corrected chi connectivity index (χ2v) is 10.1. The summed E-state index contributed by atoms with van der Waals surface area (Å²) in [6.45, 7) is 0.308. The molecule has 32 heavy (non-hydrogen) atoms. The highest BCUT2D eigenvalue weighted by molar-refractivity contribution is 7.98. The lowest BCUT2D eigenvalue weighted by molar-refractivity contribution is 0.166. The number of hydrogen-bond acceptors (Lipinski definition) is 8. The number of aromatic nitrogens is 4. The van der Waals surface area contributed by atoms with Crippen LogP contribution in [0.2, 0.25) is 5.02 Å². The van der Waals surface area contributed by atoms with Crippen LogP contribution in [-0.2, 0) is 21.2 Å². The number of hydrogen-bond donors (Lipinski definition) is 0. The van der Waals surface area contributed by atoms with Gasteiger partial charge in [0.2, 0.25) is 5.82 Å². The summed E-state index contributed by atoms with van der Waals surface area (Å²) in [6.07, 6.45) is 3.10. The quantitative estimate of drug-likeness (QED) is 0.263. The average molecular weight is 491 g/mol. The van der Waals surface area contributed by atoms with Gasteiger partial charge < -0.3 is 9.26 Å². The standard InChI is InChI=1S/C21H19ClN4O4S2/c1-31-13-29-12-15-11-19(26(24-15)18-9-4-3-8-17(18)22)21-23-20(25-30-21)14-6-5-7-16(10-14)32(2,27)28/h3-11H,12-13H2,1-2H3. The Hall–Kier alpha value is -2.66.